The third-order valence-electron chi connectivity index (χ3n) is 3.80. The molecule has 1 saturated heterocycles. The van der Waals surface area contributed by atoms with Crippen LogP contribution in [-0.4, -0.2) is 55.2 Å². The second kappa shape index (κ2) is 7.03. The molecule has 0 saturated carbocycles. The van der Waals surface area contributed by atoms with E-state index < -0.39 is 6.09 Å². The molecule has 3 heterocycles. The molecule has 2 amide bonds. The van der Waals surface area contributed by atoms with Crippen LogP contribution in [0.2, 0.25) is 0 Å². The van der Waals surface area contributed by atoms with Gasteiger partial charge in [-0.15, -0.1) is 0 Å². The van der Waals surface area contributed by atoms with E-state index in [0.29, 0.717) is 37.6 Å². The maximum Gasteiger partial charge on any atom is 0.411 e. The van der Waals surface area contributed by atoms with Crippen molar-refractivity contribution >= 4 is 23.5 Å². The molecule has 0 spiro atoms. The van der Waals surface area contributed by atoms with E-state index in [1.54, 1.807) is 29.3 Å². The smallest absolute Gasteiger partial charge is 0.411 e. The SMILES string of the molecule is COC(=O)Nc1ccc(N2CCN(C(=O)c3ccco3)CC2)nc1. The molecule has 1 aliphatic heterocycles. The van der Waals surface area contributed by atoms with E-state index in [1.807, 2.05) is 6.07 Å². The molecule has 0 radical (unpaired) electrons. The summed E-state index contributed by atoms with van der Waals surface area (Å²) in [5.41, 5.74) is 0.567. The third-order valence-corrected chi connectivity index (χ3v) is 3.80. The number of carbonyl (C=O) groups excluding carboxylic acids is 2. The number of carbonyl (C=O) groups is 2. The molecule has 126 valence electrons. The number of pyridine rings is 1. The predicted molar refractivity (Wildman–Crippen MR) is 87.1 cm³/mol. The van der Waals surface area contributed by atoms with Crippen molar-refractivity contribution in [2.24, 2.45) is 0 Å². The summed E-state index contributed by atoms with van der Waals surface area (Å²) in [4.78, 5) is 31.6. The Morgan fingerprint density at radius 1 is 1.21 bits per heavy atom. The number of amides is 2. The van der Waals surface area contributed by atoms with Crippen LogP contribution in [0.3, 0.4) is 0 Å². The average Bonchev–Trinajstić information content (AvgIpc) is 3.16. The fraction of sp³-hybridized carbons (Fsp3) is 0.312. The number of methoxy groups -OCH3 is 1. The summed E-state index contributed by atoms with van der Waals surface area (Å²) in [6.45, 7) is 2.57. The molecule has 1 fully saturated rings. The summed E-state index contributed by atoms with van der Waals surface area (Å²) >= 11 is 0. The largest absolute Gasteiger partial charge is 0.459 e. The third kappa shape index (κ3) is 3.48. The van der Waals surface area contributed by atoms with Gasteiger partial charge < -0.3 is 19.0 Å². The van der Waals surface area contributed by atoms with Crippen molar-refractivity contribution < 1.29 is 18.7 Å². The van der Waals surface area contributed by atoms with Crippen LogP contribution in [-0.2, 0) is 4.74 Å². The van der Waals surface area contributed by atoms with Gasteiger partial charge in [0.2, 0.25) is 0 Å². The van der Waals surface area contributed by atoms with E-state index >= 15 is 0 Å². The number of hydrogen-bond donors (Lipinski definition) is 1. The van der Waals surface area contributed by atoms with Gasteiger partial charge in [0.15, 0.2) is 5.76 Å². The summed E-state index contributed by atoms with van der Waals surface area (Å²) in [6.07, 6.45) is 2.54. The molecule has 24 heavy (non-hydrogen) atoms. The van der Waals surface area contributed by atoms with Crippen molar-refractivity contribution in [3.05, 3.63) is 42.5 Å². The Morgan fingerprint density at radius 2 is 2.00 bits per heavy atom. The minimum atomic E-state index is -0.533. The van der Waals surface area contributed by atoms with Crippen molar-refractivity contribution in [2.45, 2.75) is 0 Å². The first-order chi connectivity index (χ1) is 11.7. The number of piperazine rings is 1. The van der Waals surface area contributed by atoms with Gasteiger partial charge in [-0.2, -0.15) is 0 Å². The topological polar surface area (TPSA) is 87.9 Å². The van der Waals surface area contributed by atoms with Crippen molar-refractivity contribution in [1.29, 1.82) is 0 Å². The molecular weight excluding hydrogens is 312 g/mol. The zero-order valence-corrected chi connectivity index (χ0v) is 13.3. The Bertz CT molecular complexity index is 691. The number of hydrogen-bond acceptors (Lipinski definition) is 6. The molecule has 1 N–H and O–H groups in total. The van der Waals surface area contributed by atoms with Gasteiger partial charge in [0.25, 0.3) is 5.91 Å². The Hall–Kier alpha value is -3.03. The van der Waals surface area contributed by atoms with Gasteiger partial charge in [0.1, 0.15) is 5.82 Å². The predicted octanol–water partition coefficient (Wildman–Crippen LogP) is 1.82. The van der Waals surface area contributed by atoms with E-state index in [-0.39, 0.29) is 5.91 Å². The van der Waals surface area contributed by atoms with Crippen molar-refractivity contribution in [3.8, 4) is 0 Å². The van der Waals surface area contributed by atoms with Crippen LogP contribution in [0.5, 0.6) is 0 Å². The standard InChI is InChI=1S/C16H18N4O4/c1-23-16(22)18-12-4-5-14(17-11-12)19-6-8-20(9-7-19)15(21)13-3-2-10-24-13/h2-5,10-11H,6-9H2,1H3,(H,18,22). The van der Waals surface area contributed by atoms with Crippen LogP contribution in [0.1, 0.15) is 10.6 Å². The van der Waals surface area contributed by atoms with Crippen LogP contribution in [0, 0.1) is 0 Å². The maximum absolute atomic E-state index is 12.2. The normalized spacial score (nSPS) is 14.4. The van der Waals surface area contributed by atoms with Gasteiger partial charge in [0, 0.05) is 26.2 Å². The van der Waals surface area contributed by atoms with Crippen LogP contribution in [0.4, 0.5) is 16.3 Å². The fourth-order valence-corrected chi connectivity index (χ4v) is 2.51. The Kier molecular flexibility index (Phi) is 4.64. The lowest BCUT2D eigenvalue weighted by Crippen LogP contribution is -2.49. The average molecular weight is 330 g/mol. The van der Waals surface area contributed by atoms with Crippen LogP contribution in [0.25, 0.3) is 0 Å². The quantitative estimate of drug-likeness (QED) is 0.923. The number of nitrogens with one attached hydrogen (secondary N) is 1. The number of aromatic nitrogens is 1. The number of nitrogens with zero attached hydrogens (tertiary/aromatic N) is 3. The maximum atomic E-state index is 12.2. The molecule has 0 atom stereocenters. The van der Waals surface area contributed by atoms with Crippen LogP contribution >= 0.6 is 0 Å². The molecule has 3 rings (SSSR count). The Balaban J connectivity index is 1.56. The molecule has 1 aliphatic rings. The minimum Gasteiger partial charge on any atom is -0.459 e. The van der Waals surface area contributed by atoms with Crippen molar-refractivity contribution in [1.82, 2.24) is 9.88 Å². The second-order valence-corrected chi connectivity index (χ2v) is 5.28. The first-order valence-corrected chi connectivity index (χ1v) is 7.56. The van der Waals surface area contributed by atoms with Crippen molar-refractivity contribution in [2.75, 3.05) is 43.5 Å². The minimum absolute atomic E-state index is 0.0924. The zero-order chi connectivity index (χ0) is 16.9. The first-order valence-electron chi connectivity index (χ1n) is 7.56. The van der Waals surface area contributed by atoms with E-state index in [9.17, 15) is 9.59 Å². The number of ether oxygens (including phenoxy) is 1. The van der Waals surface area contributed by atoms with Gasteiger partial charge in [-0.1, -0.05) is 0 Å². The number of rotatable bonds is 3. The Morgan fingerprint density at radius 3 is 2.58 bits per heavy atom. The molecule has 2 aromatic rings. The highest BCUT2D eigenvalue weighted by Gasteiger charge is 2.24. The molecular formula is C16H18N4O4. The summed E-state index contributed by atoms with van der Waals surface area (Å²) in [6, 6.07) is 6.97. The second-order valence-electron chi connectivity index (χ2n) is 5.28. The number of furan rings is 1. The van der Waals surface area contributed by atoms with Crippen LogP contribution < -0.4 is 10.2 Å². The molecule has 8 heteroatoms. The highest BCUT2D eigenvalue weighted by atomic mass is 16.5. The summed E-state index contributed by atoms with van der Waals surface area (Å²) in [5, 5.41) is 2.55. The zero-order valence-electron chi connectivity index (χ0n) is 13.3. The van der Waals surface area contributed by atoms with Gasteiger partial charge >= 0.3 is 6.09 Å². The molecule has 0 aromatic carbocycles. The van der Waals surface area contributed by atoms with Crippen LogP contribution in [0.15, 0.2) is 41.1 Å². The summed E-state index contributed by atoms with van der Waals surface area (Å²) in [7, 11) is 1.31. The monoisotopic (exact) mass is 330 g/mol. The van der Waals surface area contributed by atoms with Gasteiger partial charge in [-0.25, -0.2) is 9.78 Å². The molecule has 2 aromatic heterocycles. The van der Waals surface area contributed by atoms with E-state index in [2.05, 4.69) is 19.9 Å². The van der Waals surface area contributed by atoms with E-state index in [4.69, 9.17) is 4.42 Å². The molecule has 0 bridgehead atoms. The van der Waals surface area contributed by atoms with E-state index in [0.717, 1.165) is 5.82 Å². The Labute approximate surface area is 139 Å². The molecule has 0 unspecified atom stereocenters. The lowest BCUT2D eigenvalue weighted by atomic mass is 10.2. The highest BCUT2D eigenvalue weighted by molar-refractivity contribution is 5.91. The van der Waals surface area contributed by atoms with Gasteiger partial charge in [0.05, 0.1) is 25.3 Å². The lowest BCUT2D eigenvalue weighted by Gasteiger charge is -2.35. The summed E-state index contributed by atoms with van der Waals surface area (Å²) in [5.74, 6) is 1.07. The van der Waals surface area contributed by atoms with Crippen molar-refractivity contribution in [3.63, 3.8) is 0 Å². The van der Waals surface area contributed by atoms with Gasteiger partial charge in [-0.05, 0) is 24.3 Å². The summed E-state index contributed by atoms with van der Waals surface area (Å²) < 4.78 is 9.68. The highest BCUT2D eigenvalue weighted by Crippen LogP contribution is 2.17. The first kappa shape index (κ1) is 15.9. The fourth-order valence-electron chi connectivity index (χ4n) is 2.51. The molecule has 8 nitrogen and oxygen atoms in total. The number of anilines is 2. The van der Waals surface area contributed by atoms with E-state index in [1.165, 1.54) is 13.4 Å². The van der Waals surface area contributed by atoms with Gasteiger partial charge in [-0.3, -0.25) is 10.1 Å². The molecule has 0 aliphatic carbocycles. The lowest BCUT2D eigenvalue weighted by molar-refractivity contribution is 0.0714.